The number of allylic oxidation sites excluding steroid dienone is 1. The van der Waals surface area contributed by atoms with Crippen molar-refractivity contribution in [3.05, 3.63) is 27.8 Å². The number of methoxy groups -OCH3 is 1. The average molecular weight is 233 g/mol. The summed E-state index contributed by atoms with van der Waals surface area (Å²) in [4.78, 5) is 16.1. The molecule has 0 saturated carbocycles. The Morgan fingerprint density at radius 1 is 1.71 bits per heavy atom. The van der Waals surface area contributed by atoms with Gasteiger partial charge in [0.05, 0.1) is 25.8 Å². The molecule has 0 amide bonds. The van der Waals surface area contributed by atoms with Crippen molar-refractivity contribution in [3.8, 4) is 11.8 Å². The van der Waals surface area contributed by atoms with Crippen molar-refractivity contribution in [1.29, 1.82) is 0 Å². The summed E-state index contributed by atoms with van der Waals surface area (Å²) in [5, 5.41) is 9.08. The van der Waals surface area contributed by atoms with Crippen molar-refractivity contribution < 1.29 is 9.84 Å². The first kappa shape index (κ1) is 11.2. The lowest BCUT2D eigenvalue weighted by Crippen LogP contribution is -2.29. The summed E-state index contributed by atoms with van der Waals surface area (Å²) in [7, 11) is 1.46. The fraction of sp³-hybridized carbons (Fsp3) is 0.273. The summed E-state index contributed by atoms with van der Waals surface area (Å²) in [5.74, 6) is 6.21. The maximum Gasteiger partial charge on any atom is 0.262 e. The highest BCUT2D eigenvalue weighted by molar-refractivity contribution is 5.60. The number of ether oxygens (including phenoxy) is 1. The lowest BCUT2D eigenvalue weighted by molar-refractivity contribution is 0.279. The molecule has 0 spiro atoms. The highest BCUT2D eigenvalue weighted by Gasteiger charge is 2.17. The molecule has 0 bridgehead atoms. The van der Waals surface area contributed by atoms with Gasteiger partial charge in [-0.15, -0.1) is 0 Å². The average Bonchev–Trinajstić information content (AvgIpc) is 2.51. The van der Waals surface area contributed by atoms with E-state index in [4.69, 9.17) is 15.6 Å². The summed E-state index contributed by atoms with van der Waals surface area (Å²) >= 11 is 0. The normalized spacial score (nSPS) is 12.9. The van der Waals surface area contributed by atoms with E-state index in [1.54, 1.807) is 0 Å². The van der Waals surface area contributed by atoms with E-state index < -0.39 is 12.2 Å². The molecule has 1 aromatic heterocycles. The van der Waals surface area contributed by atoms with Gasteiger partial charge >= 0.3 is 0 Å². The smallest absolute Gasteiger partial charge is 0.262 e. The monoisotopic (exact) mass is 233 g/mol. The first-order chi connectivity index (χ1) is 8.19. The van der Waals surface area contributed by atoms with Gasteiger partial charge in [0, 0.05) is 6.08 Å². The predicted octanol–water partition coefficient (Wildman–Crippen LogP) is -0.678. The molecule has 0 radical (unpaired) electrons. The zero-order valence-electron chi connectivity index (χ0n) is 9.23. The van der Waals surface area contributed by atoms with E-state index in [0.29, 0.717) is 11.6 Å². The number of rotatable bonds is 2. The number of aromatic nitrogens is 2. The topological polar surface area (TPSA) is 90.4 Å². The van der Waals surface area contributed by atoms with E-state index in [1.165, 1.54) is 17.8 Å². The van der Waals surface area contributed by atoms with E-state index in [0.717, 1.165) is 0 Å². The van der Waals surface area contributed by atoms with Crippen LogP contribution < -0.4 is 11.3 Å². The van der Waals surface area contributed by atoms with Crippen molar-refractivity contribution in [1.82, 2.24) is 9.55 Å². The number of aliphatic hydroxyl groups excluding tert-OH is 1. The highest BCUT2D eigenvalue weighted by atomic mass is 16.5. The molecule has 0 aromatic carbocycles. The molecule has 1 aromatic rings. The molecular formula is C11H11N3O3. The second-order valence-electron chi connectivity index (χ2n) is 3.38. The molecule has 0 aliphatic carbocycles. The zero-order valence-corrected chi connectivity index (χ0v) is 9.23. The SMILES string of the molecule is COC1=CC#CCn2c1nc(N)c(CO)c2=O. The summed E-state index contributed by atoms with van der Waals surface area (Å²) in [6.45, 7) is -0.255. The first-order valence-corrected chi connectivity index (χ1v) is 4.92. The van der Waals surface area contributed by atoms with Crippen molar-refractivity contribution in [2.45, 2.75) is 13.2 Å². The molecule has 0 atom stereocenters. The molecule has 1 aliphatic rings. The Morgan fingerprint density at radius 2 is 2.47 bits per heavy atom. The zero-order chi connectivity index (χ0) is 12.4. The van der Waals surface area contributed by atoms with Gasteiger partial charge in [0.15, 0.2) is 11.6 Å². The number of nitrogens with zero attached hydrogens (tertiary/aromatic N) is 2. The van der Waals surface area contributed by atoms with E-state index >= 15 is 0 Å². The van der Waals surface area contributed by atoms with Gasteiger partial charge in [0.1, 0.15) is 5.82 Å². The van der Waals surface area contributed by atoms with Crippen molar-refractivity contribution in [2.24, 2.45) is 0 Å². The van der Waals surface area contributed by atoms with Gasteiger partial charge in [-0.05, 0) is 0 Å². The predicted molar refractivity (Wildman–Crippen MR) is 61.6 cm³/mol. The number of fused-ring (bicyclic) bond motifs is 1. The highest BCUT2D eigenvalue weighted by Crippen LogP contribution is 2.15. The molecule has 0 fully saturated rings. The summed E-state index contributed by atoms with van der Waals surface area (Å²) in [6, 6.07) is 0. The van der Waals surface area contributed by atoms with E-state index in [-0.39, 0.29) is 17.9 Å². The number of aliphatic hydroxyl groups is 1. The lowest BCUT2D eigenvalue weighted by Gasteiger charge is -2.12. The van der Waals surface area contributed by atoms with Crippen LogP contribution in [0.25, 0.3) is 5.76 Å². The van der Waals surface area contributed by atoms with Gasteiger partial charge in [-0.25, -0.2) is 4.98 Å². The molecule has 0 saturated heterocycles. The molecule has 17 heavy (non-hydrogen) atoms. The van der Waals surface area contributed by atoms with Gasteiger partial charge in [-0.2, -0.15) is 0 Å². The Morgan fingerprint density at radius 3 is 3.12 bits per heavy atom. The fourth-order valence-corrected chi connectivity index (χ4v) is 1.55. The third kappa shape index (κ3) is 1.77. The molecule has 6 nitrogen and oxygen atoms in total. The molecule has 1 aliphatic heterocycles. The van der Waals surface area contributed by atoms with Crippen LogP contribution in [0.15, 0.2) is 10.9 Å². The number of nitrogen functional groups attached to an aromatic ring is 1. The molecule has 0 unspecified atom stereocenters. The van der Waals surface area contributed by atoms with Crippen LogP contribution in [0.4, 0.5) is 5.82 Å². The van der Waals surface area contributed by atoms with Gasteiger partial charge in [0.2, 0.25) is 0 Å². The standard InChI is InChI=1S/C11H11N3O3/c1-17-8-4-2-3-5-14-10(8)13-9(12)7(6-15)11(14)16/h4,15H,5-6,12H2,1H3. The van der Waals surface area contributed by atoms with Crippen LogP contribution in [0.3, 0.4) is 0 Å². The summed E-state index contributed by atoms with van der Waals surface area (Å²) in [5.41, 5.74) is 5.30. The Kier molecular flexibility index (Phi) is 2.85. The molecule has 2 rings (SSSR count). The number of nitrogens with two attached hydrogens (primary N) is 1. The largest absolute Gasteiger partial charge is 0.492 e. The van der Waals surface area contributed by atoms with Gasteiger partial charge in [0.25, 0.3) is 5.56 Å². The molecule has 2 heterocycles. The summed E-state index contributed by atoms with van der Waals surface area (Å²) in [6.07, 6.45) is 1.53. The van der Waals surface area contributed by atoms with Crippen LogP contribution in [-0.4, -0.2) is 21.8 Å². The third-order valence-corrected chi connectivity index (χ3v) is 2.44. The Balaban J connectivity index is 2.75. The number of hydrogen-bond donors (Lipinski definition) is 2. The van der Waals surface area contributed by atoms with Gasteiger partial charge in [-0.3, -0.25) is 9.36 Å². The molecular weight excluding hydrogens is 222 g/mol. The third-order valence-electron chi connectivity index (χ3n) is 2.44. The fourth-order valence-electron chi connectivity index (χ4n) is 1.55. The van der Waals surface area contributed by atoms with E-state index in [2.05, 4.69) is 16.8 Å². The van der Waals surface area contributed by atoms with Crippen molar-refractivity contribution >= 4 is 11.6 Å². The van der Waals surface area contributed by atoms with Gasteiger partial charge in [-0.1, -0.05) is 11.8 Å². The van der Waals surface area contributed by atoms with Crippen LogP contribution >= 0.6 is 0 Å². The second-order valence-corrected chi connectivity index (χ2v) is 3.38. The second kappa shape index (κ2) is 4.31. The molecule has 88 valence electrons. The Bertz CT molecular complexity index is 605. The molecule has 6 heteroatoms. The first-order valence-electron chi connectivity index (χ1n) is 4.92. The number of hydrogen-bond acceptors (Lipinski definition) is 5. The lowest BCUT2D eigenvalue weighted by atomic mass is 10.3. The summed E-state index contributed by atoms with van der Waals surface area (Å²) < 4.78 is 6.43. The van der Waals surface area contributed by atoms with Gasteiger partial charge < -0.3 is 15.6 Å². The Labute approximate surface area is 97.3 Å². The minimum Gasteiger partial charge on any atom is -0.492 e. The molecule has 3 N–H and O–H groups in total. The maximum absolute atomic E-state index is 12.0. The van der Waals surface area contributed by atoms with Crippen LogP contribution in [0, 0.1) is 11.8 Å². The quantitative estimate of drug-likeness (QED) is 0.661. The van der Waals surface area contributed by atoms with Crippen LogP contribution in [0.1, 0.15) is 11.4 Å². The van der Waals surface area contributed by atoms with Crippen LogP contribution in [0.5, 0.6) is 0 Å². The number of anilines is 1. The Hall–Kier alpha value is -2.26. The minimum absolute atomic E-state index is 0.00796. The minimum atomic E-state index is -0.447. The van der Waals surface area contributed by atoms with Crippen LogP contribution in [0.2, 0.25) is 0 Å². The van der Waals surface area contributed by atoms with E-state index in [9.17, 15) is 4.79 Å². The van der Waals surface area contributed by atoms with Crippen LogP contribution in [-0.2, 0) is 17.9 Å². The van der Waals surface area contributed by atoms with Crippen molar-refractivity contribution in [2.75, 3.05) is 12.8 Å². The van der Waals surface area contributed by atoms with E-state index in [1.807, 2.05) is 0 Å². The maximum atomic E-state index is 12.0. The van der Waals surface area contributed by atoms with Crippen molar-refractivity contribution in [3.63, 3.8) is 0 Å².